The number of nitrogens with one attached hydrogen (secondary N) is 1. The fourth-order valence-electron chi connectivity index (χ4n) is 3.01. The van der Waals surface area contributed by atoms with Crippen molar-refractivity contribution in [2.75, 3.05) is 12.4 Å². The smallest absolute Gasteiger partial charge is 0.464 e. The SMILES string of the molecule is COC(=O)c1cc(NC(=O)c2c(Oc3ccc(OC(F)(F)F)c(F)c3)ccc(C(F)(F)F)c2F)c(C)cn1.[HH]. The third kappa shape index (κ3) is 6.46. The van der Waals surface area contributed by atoms with Gasteiger partial charge in [0.05, 0.1) is 12.7 Å². The summed E-state index contributed by atoms with van der Waals surface area (Å²) in [6, 6.07) is 3.49. The number of carbonyl (C=O) groups excluding carboxylic acids is 2. The van der Waals surface area contributed by atoms with Gasteiger partial charge in [0.15, 0.2) is 17.4 Å². The zero-order valence-corrected chi connectivity index (χ0v) is 19.1. The van der Waals surface area contributed by atoms with Gasteiger partial charge >= 0.3 is 18.5 Å². The molecule has 0 fully saturated rings. The lowest BCUT2D eigenvalue weighted by molar-refractivity contribution is -0.275. The van der Waals surface area contributed by atoms with Crippen molar-refractivity contribution in [1.82, 2.24) is 4.98 Å². The van der Waals surface area contributed by atoms with Crippen LogP contribution in [0.25, 0.3) is 0 Å². The highest BCUT2D eigenvalue weighted by atomic mass is 19.4. The number of rotatable bonds is 6. The van der Waals surface area contributed by atoms with Crippen LogP contribution in [0.3, 0.4) is 0 Å². The van der Waals surface area contributed by atoms with Crippen molar-refractivity contribution in [3.05, 3.63) is 76.6 Å². The van der Waals surface area contributed by atoms with Crippen molar-refractivity contribution in [3.63, 3.8) is 0 Å². The Balaban J connectivity index is 0.00000533. The molecule has 1 N–H and O–H groups in total. The summed E-state index contributed by atoms with van der Waals surface area (Å²) in [5.74, 6) is -8.67. The summed E-state index contributed by atoms with van der Waals surface area (Å²) in [7, 11) is 1.05. The van der Waals surface area contributed by atoms with Crippen molar-refractivity contribution >= 4 is 17.6 Å². The monoisotopic (exact) mass is 552 g/mol. The van der Waals surface area contributed by atoms with Gasteiger partial charge in [-0.3, -0.25) is 4.79 Å². The van der Waals surface area contributed by atoms with E-state index in [4.69, 9.17) is 4.74 Å². The summed E-state index contributed by atoms with van der Waals surface area (Å²) >= 11 is 0. The number of aryl methyl sites for hydroxylation is 1. The molecule has 204 valence electrons. The second-order valence-corrected chi connectivity index (χ2v) is 7.37. The summed E-state index contributed by atoms with van der Waals surface area (Å²) in [5.41, 5.74) is -3.31. The molecule has 0 saturated carbocycles. The van der Waals surface area contributed by atoms with Crippen molar-refractivity contribution in [1.29, 1.82) is 0 Å². The molecular weight excluding hydrogens is 536 g/mol. The zero-order valence-electron chi connectivity index (χ0n) is 19.1. The number of pyridine rings is 1. The van der Waals surface area contributed by atoms with Crippen LogP contribution in [0.4, 0.5) is 40.8 Å². The van der Waals surface area contributed by atoms with Gasteiger partial charge < -0.3 is 19.5 Å². The number of benzene rings is 2. The predicted octanol–water partition coefficient (Wildman–Crippen LogP) is 6.66. The molecule has 1 amide bonds. The number of aromatic nitrogens is 1. The lowest BCUT2D eigenvalue weighted by Crippen LogP contribution is -2.20. The molecule has 38 heavy (non-hydrogen) atoms. The van der Waals surface area contributed by atoms with Gasteiger partial charge in [0.1, 0.15) is 22.8 Å². The van der Waals surface area contributed by atoms with Gasteiger partial charge in [0.25, 0.3) is 5.91 Å². The van der Waals surface area contributed by atoms with Crippen molar-refractivity contribution in [2.45, 2.75) is 19.5 Å². The van der Waals surface area contributed by atoms with Crippen molar-refractivity contribution in [3.8, 4) is 17.2 Å². The molecule has 0 unspecified atom stereocenters. The van der Waals surface area contributed by atoms with Crippen LogP contribution in [0.2, 0.25) is 0 Å². The number of ether oxygens (including phenoxy) is 3. The fraction of sp³-hybridized carbons (Fsp3) is 0.174. The molecule has 0 atom stereocenters. The summed E-state index contributed by atoms with van der Waals surface area (Å²) in [4.78, 5) is 28.4. The van der Waals surface area contributed by atoms with Crippen LogP contribution in [0, 0.1) is 18.6 Å². The Labute approximate surface area is 209 Å². The maximum Gasteiger partial charge on any atom is 0.573 e. The molecule has 3 rings (SSSR count). The standard InChI is InChI=1S/C23H14F8N2O5.H2/c1-10-9-32-15(21(35)36-2)8-14(10)33-20(34)18-17(6-4-12(19(18)25)22(26,27)28)37-11-3-5-16(13(24)7-11)38-23(29,30)31;/h3-9H,1-2H3,(H,32,33,34);1H. The highest BCUT2D eigenvalue weighted by molar-refractivity contribution is 6.07. The van der Waals surface area contributed by atoms with Crippen LogP contribution in [0.15, 0.2) is 42.6 Å². The summed E-state index contributed by atoms with van der Waals surface area (Å²) in [6.07, 6.45) is -9.32. The van der Waals surface area contributed by atoms with E-state index in [1.807, 2.05) is 0 Å². The molecular formula is C23H16F8N2O5. The van der Waals surface area contributed by atoms with Gasteiger partial charge in [-0.2, -0.15) is 13.2 Å². The van der Waals surface area contributed by atoms with Gasteiger partial charge in [-0.05, 0) is 42.8 Å². The molecule has 0 bridgehead atoms. The van der Waals surface area contributed by atoms with Gasteiger partial charge in [0.2, 0.25) is 0 Å². The van der Waals surface area contributed by atoms with E-state index >= 15 is 4.39 Å². The minimum Gasteiger partial charge on any atom is -0.464 e. The van der Waals surface area contributed by atoms with Crippen molar-refractivity contribution in [2.24, 2.45) is 0 Å². The van der Waals surface area contributed by atoms with E-state index in [2.05, 4.69) is 19.8 Å². The van der Waals surface area contributed by atoms with Crippen LogP contribution < -0.4 is 14.8 Å². The van der Waals surface area contributed by atoms with Crippen LogP contribution in [0.5, 0.6) is 17.2 Å². The maximum atomic E-state index is 15.0. The molecule has 0 aliphatic heterocycles. The normalized spacial score (nSPS) is 11.6. The van der Waals surface area contributed by atoms with E-state index in [-0.39, 0.29) is 24.4 Å². The molecule has 15 heteroatoms. The molecule has 2 aromatic carbocycles. The third-order valence-corrected chi connectivity index (χ3v) is 4.74. The molecule has 3 aromatic rings. The first-order valence-electron chi connectivity index (χ1n) is 10.1. The summed E-state index contributed by atoms with van der Waals surface area (Å²) in [6.45, 7) is 1.41. The number of esters is 1. The number of amides is 1. The average Bonchev–Trinajstić information content (AvgIpc) is 2.80. The number of nitrogens with zero attached hydrogens (tertiary/aromatic N) is 1. The number of methoxy groups -OCH3 is 1. The molecule has 0 spiro atoms. The number of hydrogen-bond donors (Lipinski definition) is 1. The molecule has 1 aromatic heterocycles. The van der Waals surface area contributed by atoms with E-state index in [1.54, 1.807) is 0 Å². The highest BCUT2D eigenvalue weighted by Gasteiger charge is 2.38. The van der Waals surface area contributed by atoms with Crippen LogP contribution >= 0.6 is 0 Å². The molecule has 7 nitrogen and oxygen atoms in total. The Bertz CT molecular complexity index is 1400. The lowest BCUT2D eigenvalue weighted by Gasteiger charge is -2.17. The average molecular weight is 552 g/mol. The number of carbonyl (C=O) groups is 2. The second kappa shape index (κ2) is 10.5. The Morgan fingerprint density at radius 2 is 1.63 bits per heavy atom. The number of anilines is 1. The first-order valence-corrected chi connectivity index (χ1v) is 10.1. The van der Waals surface area contributed by atoms with E-state index in [0.29, 0.717) is 18.2 Å². The number of alkyl halides is 6. The predicted molar refractivity (Wildman–Crippen MR) is 115 cm³/mol. The van der Waals surface area contributed by atoms with Gasteiger partial charge in [-0.1, -0.05) is 0 Å². The third-order valence-electron chi connectivity index (χ3n) is 4.74. The summed E-state index contributed by atoms with van der Waals surface area (Å²) in [5, 5.41) is 2.14. The number of hydrogen-bond acceptors (Lipinski definition) is 6. The zero-order chi connectivity index (χ0) is 28.4. The Hall–Kier alpha value is -4.43. The Morgan fingerprint density at radius 3 is 2.21 bits per heavy atom. The largest absolute Gasteiger partial charge is 0.573 e. The first-order chi connectivity index (χ1) is 17.6. The van der Waals surface area contributed by atoms with Crippen molar-refractivity contribution < 1.29 is 60.3 Å². The first kappa shape index (κ1) is 28.1. The fourth-order valence-corrected chi connectivity index (χ4v) is 3.01. The lowest BCUT2D eigenvalue weighted by atomic mass is 10.1. The van der Waals surface area contributed by atoms with E-state index < -0.39 is 64.4 Å². The molecule has 0 aliphatic rings. The summed E-state index contributed by atoms with van der Waals surface area (Å²) < 4.78 is 119. The topological polar surface area (TPSA) is 86.8 Å². The Morgan fingerprint density at radius 1 is 0.974 bits per heavy atom. The van der Waals surface area contributed by atoms with E-state index in [1.165, 1.54) is 6.92 Å². The minimum absolute atomic E-state index is 0. The second-order valence-electron chi connectivity index (χ2n) is 7.37. The minimum atomic E-state index is -5.23. The van der Waals surface area contributed by atoms with Crippen LogP contribution in [-0.4, -0.2) is 30.3 Å². The van der Waals surface area contributed by atoms with Gasteiger partial charge in [0, 0.05) is 19.4 Å². The Kier molecular flexibility index (Phi) is 7.79. The quantitative estimate of drug-likeness (QED) is 0.272. The van der Waals surface area contributed by atoms with Crippen LogP contribution in [-0.2, 0) is 10.9 Å². The maximum absolute atomic E-state index is 15.0. The van der Waals surface area contributed by atoms with Gasteiger partial charge in [-0.25, -0.2) is 18.6 Å². The van der Waals surface area contributed by atoms with E-state index in [0.717, 1.165) is 25.4 Å². The molecule has 0 saturated heterocycles. The van der Waals surface area contributed by atoms with Crippen LogP contribution in [0.1, 0.15) is 33.4 Å². The highest BCUT2D eigenvalue weighted by Crippen LogP contribution is 2.38. The molecule has 1 heterocycles. The molecule has 0 radical (unpaired) electrons. The van der Waals surface area contributed by atoms with Gasteiger partial charge in [-0.15, -0.1) is 13.2 Å². The number of halogens is 8. The van der Waals surface area contributed by atoms with E-state index in [9.17, 15) is 40.3 Å². The molecule has 0 aliphatic carbocycles.